The minimum Gasteiger partial charge on any atom is -0.327 e. The van der Waals surface area contributed by atoms with Gasteiger partial charge in [-0.05, 0) is 43.6 Å². The fourth-order valence-electron chi connectivity index (χ4n) is 3.49. The Bertz CT molecular complexity index is 796. The number of benzene rings is 1. The largest absolute Gasteiger partial charge is 0.327 e. The molecule has 0 amide bonds. The van der Waals surface area contributed by atoms with E-state index in [-0.39, 0.29) is 5.41 Å². The molecule has 5 nitrogen and oxygen atoms in total. The molecule has 0 atom stereocenters. The van der Waals surface area contributed by atoms with Crippen molar-refractivity contribution in [2.75, 3.05) is 20.6 Å². The third kappa shape index (κ3) is 5.35. The van der Waals surface area contributed by atoms with Crippen LogP contribution in [0.2, 0.25) is 0 Å². The van der Waals surface area contributed by atoms with Gasteiger partial charge in [-0.3, -0.25) is 10.7 Å². The minimum absolute atomic E-state index is 0.121. The number of hydrogen-bond acceptors (Lipinski definition) is 4. The van der Waals surface area contributed by atoms with Crippen LogP contribution in [0.15, 0.2) is 30.5 Å². The lowest BCUT2D eigenvalue weighted by Gasteiger charge is -2.29. The molecule has 2 rings (SSSR count). The minimum atomic E-state index is 0.121. The Morgan fingerprint density at radius 3 is 2.81 bits per heavy atom. The number of terminal acetylenes is 1. The van der Waals surface area contributed by atoms with Crippen molar-refractivity contribution in [3.8, 4) is 12.3 Å². The summed E-state index contributed by atoms with van der Waals surface area (Å²) in [6.07, 6.45) is 11.1. The first kappa shape index (κ1) is 20.0. The number of nitrogens with zero attached hydrogens (tertiary/aromatic N) is 3. The molecule has 140 valence electrons. The number of allylic oxidation sites excluding steroid dienone is 1. The molecule has 0 bridgehead atoms. The predicted molar refractivity (Wildman–Crippen MR) is 107 cm³/mol. The van der Waals surface area contributed by atoms with Crippen molar-refractivity contribution < 1.29 is 5.21 Å². The Labute approximate surface area is 156 Å². The number of nitrogens with one attached hydrogen (secondary N) is 1. The van der Waals surface area contributed by atoms with E-state index < -0.39 is 0 Å². The normalized spacial score (nSPS) is 12.2. The monoisotopic (exact) mass is 354 g/mol. The average molecular weight is 354 g/mol. The fourth-order valence-corrected chi connectivity index (χ4v) is 3.49. The Kier molecular flexibility index (Phi) is 6.84. The molecule has 2 N–H and O–H groups in total. The van der Waals surface area contributed by atoms with E-state index in [1.54, 1.807) is 0 Å². The zero-order valence-electron chi connectivity index (χ0n) is 16.3. The van der Waals surface area contributed by atoms with Gasteiger partial charge in [-0.2, -0.15) is 0 Å². The number of aromatic nitrogens is 2. The molecule has 1 heterocycles. The highest BCUT2D eigenvalue weighted by Crippen LogP contribution is 2.26. The summed E-state index contributed by atoms with van der Waals surface area (Å²) < 4.78 is 2.32. The van der Waals surface area contributed by atoms with Crippen molar-refractivity contribution in [3.05, 3.63) is 41.9 Å². The van der Waals surface area contributed by atoms with Gasteiger partial charge in [-0.25, -0.2) is 4.98 Å². The number of imidazole rings is 1. The van der Waals surface area contributed by atoms with Crippen molar-refractivity contribution in [1.29, 1.82) is 0 Å². The third-order valence-corrected chi connectivity index (χ3v) is 4.26. The standard InChI is InChI=1S/C21H30N4O/c1-6-7-10-20-23-18-14-17(9-8-13-22-26)11-12-19(18)25(20)16-21(2,3)15-24(4)5/h1,8,11-14,22,26H,7,9-10,15-16H2,2-5H3/b13-8+. The van der Waals surface area contributed by atoms with Crippen LogP contribution in [-0.4, -0.2) is 40.3 Å². The van der Waals surface area contributed by atoms with Gasteiger partial charge in [0.05, 0.1) is 11.0 Å². The van der Waals surface area contributed by atoms with E-state index in [1.165, 1.54) is 6.20 Å². The topological polar surface area (TPSA) is 53.3 Å². The number of aryl methyl sites for hydroxylation is 1. The Hall–Kier alpha value is -2.29. The molecule has 0 spiro atoms. The molecule has 0 saturated carbocycles. The van der Waals surface area contributed by atoms with Crippen molar-refractivity contribution in [2.45, 2.75) is 39.7 Å². The van der Waals surface area contributed by atoms with Crippen molar-refractivity contribution >= 4 is 11.0 Å². The number of hydroxylamine groups is 1. The molecule has 1 aromatic heterocycles. The first-order valence-electron chi connectivity index (χ1n) is 8.97. The Morgan fingerprint density at radius 2 is 2.15 bits per heavy atom. The van der Waals surface area contributed by atoms with E-state index in [0.29, 0.717) is 6.42 Å². The second-order valence-electron chi connectivity index (χ2n) is 7.78. The first-order chi connectivity index (χ1) is 12.4. The van der Waals surface area contributed by atoms with Crippen LogP contribution >= 0.6 is 0 Å². The van der Waals surface area contributed by atoms with Gasteiger partial charge in [0.15, 0.2) is 0 Å². The van der Waals surface area contributed by atoms with Crippen LogP contribution in [-0.2, 0) is 19.4 Å². The van der Waals surface area contributed by atoms with E-state index in [2.05, 4.69) is 61.5 Å². The van der Waals surface area contributed by atoms with Crippen molar-refractivity contribution in [2.24, 2.45) is 5.41 Å². The number of fused-ring (bicyclic) bond motifs is 1. The van der Waals surface area contributed by atoms with Gasteiger partial charge in [-0.15, -0.1) is 12.3 Å². The highest BCUT2D eigenvalue weighted by molar-refractivity contribution is 5.77. The van der Waals surface area contributed by atoms with Crippen LogP contribution < -0.4 is 5.48 Å². The molecule has 0 aliphatic heterocycles. The van der Waals surface area contributed by atoms with E-state index in [1.807, 2.05) is 11.6 Å². The molecular weight excluding hydrogens is 324 g/mol. The molecule has 0 fully saturated rings. The maximum absolute atomic E-state index is 8.64. The lowest BCUT2D eigenvalue weighted by Crippen LogP contribution is -2.32. The van der Waals surface area contributed by atoms with Crippen LogP contribution in [0.1, 0.15) is 31.7 Å². The van der Waals surface area contributed by atoms with E-state index in [9.17, 15) is 0 Å². The van der Waals surface area contributed by atoms with Gasteiger partial charge in [-0.1, -0.05) is 26.0 Å². The van der Waals surface area contributed by atoms with Crippen LogP contribution in [0.3, 0.4) is 0 Å². The van der Waals surface area contributed by atoms with E-state index >= 15 is 0 Å². The lowest BCUT2D eigenvalue weighted by atomic mass is 9.92. The maximum atomic E-state index is 8.64. The molecule has 1 aromatic carbocycles. The summed E-state index contributed by atoms with van der Waals surface area (Å²) in [4.78, 5) is 7.09. The summed E-state index contributed by atoms with van der Waals surface area (Å²) in [6.45, 7) is 6.46. The second-order valence-corrected chi connectivity index (χ2v) is 7.78. The molecule has 5 heteroatoms. The van der Waals surface area contributed by atoms with Crippen LogP contribution in [0.5, 0.6) is 0 Å². The van der Waals surface area contributed by atoms with Crippen LogP contribution in [0.4, 0.5) is 0 Å². The smallest absolute Gasteiger partial charge is 0.110 e. The average Bonchev–Trinajstić information content (AvgIpc) is 2.88. The van der Waals surface area contributed by atoms with Gasteiger partial charge in [0.25, 0.3) is 0 Å². The molecule has 0 aliphatic rings. The van der Waals surface area contributed by atoms with Crippen molar-refractivity contribution in [1.82, 2.24) is 19.9 Å². The summed E-state index contributed by atoms with van der Waals surface area (Å²) in [7, 11) is 4.21. The Morgan fingerprint density at radius 1 is 1.38 bits per heavy atom. The summed E-state index contributed by atoms with van der Waals surface area (Å²) >= 11 is 0. The zero-order chi connectivity index (χ0) is 19.2. The lowest BCUT2D eigenvalue weighted by molar-refractivity contribution is 0.211. The van der Waals surface area contributed by atoms with E-state index in [0.717, 1.165) is 48.4 Å². The first-order valence-corrected chi connectivity index (χ1v) is 8.97. The molecule has 0 unspecified atom stereocenters. The van der Waals surface area contributed by atoms with Gasteiger partial charge >= 0.3 is 0 Å². The molecule has 0 saturated heterocycles. The van der Waals surface area contributed by atoms with Gasteiger partial charge in [0.1, 0.15) is 5.82 Å². The molecular formula is C21H30N4O. The zero-order valence-corrected chi connectivity index (χ0v) is 16.3. The van der Waals surface area contributed by atoms with Gasteiger partial charge in [0, 0.05) is 32.1 Å². The second kappa shape index (κ2) is 8.88. The third-order valence-electron chi connectivity index (χ3n) is 4.26. The van der Waals surface area contributed by atoms with Crippen LogP contribution in [0, 0.1) is 17.8 Å². The number of rotatable bonds is 9. The molecule has 0 radical (unpaired) electrons. The highest BCUT2D eigenvalue weighted by atomic mass is 16.5. The van der Waals surface area contributed by atoms with Crippen LogP contribution in [0.25, 0.3) is 11.0 Å². The molecule has 0 aliphatic carbocycles. The molecule has 2 aromatic rings. The maximum Gasteiger partial charge on any atom is 0.110 e. The quantitative estimate of drug-likeness (QED) is 0.536. The summed E-state index contributed by atoms with van der Waals surface area (Å²) in [5, 5.41) is 8.64. The highest BCUT2D eigenvalue weighted by Gasteiger charge is 2.23. The summed E-state index contributed by atoms with van der Waals surface area (Å²) in [5.74, 6) is 3.78. The van der Waals surface area contributed by atoms with E-state index in [4.69, 9.17) is 16.6 Å². The van der Waals surface area contributed by atoms with Crippen molar-refractivity contribution in [3.63, 3.8) is 0 Å². The SMILES string of the molecule is C#CCCc1nc2cc(C/C=C/NO)ccc2n1CC(C)(C)CN(C)C. The number of hydrogen-bond donors (Lipinski definition) is 2. The van der Waals surface area contributed by atoms with Gasteiger partial charge < -0.3 is 9.47 Å². The summed E-state index contributed by atoms with van der Waals surface area (Å²) in [5.41, 5.74) is 5.46. The predicted octanol–water partition coefficient (Wildman–Crippen LogP) is 3.22. The molecule has 26 heavy (non-hydrogen) atoms. The Balaban J connectivity index is 2.38. The van der Waals surface area contributed by atoms with Gasteiger partial charge in [0.2, 0.25) is 0 Å². The fraction of sp³-hybridized carbons (Fsp3) is 0.476. The summed E-state index contributed by atoms with van der Waals surface area (Å²) in [6, 6.07) is 6.38.